The molecule has 3 aromatic carbocycles. The summed E-state index contributed by atoms with van der Waals surface area (Å²) < 4.78 is 2.25. The summed E-state index contributed by atoms with van der Waals surface area (Å²) >= 11 is 0. The number of pyridine rings is 3. The van der Waals surface area contributed by atoms with Gasteiger partial charge in [0.25, 0.3) is 0 Å². The molecule has 7 aromatic rings. The SMILES string of the molecule is c1ccc2c(c1)Cc1c-2ccc2c1Cc1c-2ccc2c3ccncc3n3c4cccnc4nc3c12. The van der Waals surface area contributed by atoms with Gasteiger partial charge in [-0.05, 0) is 80.9 Å². The smallest absolute Gasteiger partial charge is 0.178 e. The van der Waals surface area contributed by atoms with Gasteiger partial charge < -0.3 is 0 Å². The van der Waals surface area contributed by atoms with E-state index in [4.69, 9.17) is 4.98 Å². The fourth-order valence-corrected chi connectivity index (χ4v) is 6.59. The van der Waals surface area contributed by atoms with Gasteiger partial charge in [0.1, 0.15) is 5.65 Å². The number of nitrogens with zero attached hydrogens (tertiary/aromatic N) is 4. The van der Waals surface area contributed by atoms with Gasteiger partial charge in [-0.25, -0.2) is 9.97 Å². The number of aromatic nitrogens is 4. The van der Waals surface area contributed by atoms with Crippen LogP contribution in [0.15, 0.2) is 85.3 Å². The summed E-state index contributed by atoms with van der Waals surface area (Å²) in [6, 6.07) is 24.3. The lowest BCUT2D eigenvalue weighted by Gasteiger charge is -2.12. The highest BCUT2D eigenvalue weighted by atomic mass is 15.1. The van der Waals surface area contributed by atoms with Crippen LogP contribution in [0.5, 0.6) is 0 Å². The van der Waals surface area contributed by atoms with E-state index in [1.165, 1.54) is 60.7 Å². The fraction of sp³-hybridized carbons (Fsp3) is 0.0645. The van der Waals surface area contributed by atoms with Gasteiger partial charge in [0, 0.05) is 23.2 Å². The quantitative estimate of drug-likeness (QED) is 0.243. The van der Waals surface area contributed by atoms with E-state index in [2.05, 4.69) is 75.0 Å². The van der Waals surface area contributed by atoms with E-state index < -0.39 is 0 Å². The summed E-state index contributed by atoms with van der Waals surface area (Å²) in [5.41, 5.74) is 15.1. The zero-order chi connectivity index (χ0) is 22.7. The highest BCUT2D eigenvalue weighted by Gasteiger charge is 2.30. The highest BCUT2D eigenvalue weighted by Crippen LogP contribution is 2.49. The summed E-state index contributed by atoms with van der Waals surface area (Å²) in [4.78, 5) is 14.1. The Morgan fingerprint density at radius 3 is 2.43 bits per heavy atom. The summed E-state index contributed by atoms with van der Waals surface area (Å²) in [5.74, 6) is 0. The zero-order valence-corrected chi connectivity index (χ0v) is 18.8. The standard InChI is InChI=1S/C31H18N4/c1-2-5-18-17(4-1)14-24-19(18)7-8-20-21-9-10-23-22-11-13-32-16-28(22)35-27-6-3-12-33-30(27)34-31(35)29(23)26(21)15-25(20)24/h1-13,16H,14-15H2. The van der Waals surface area contributed by atoms with E-state index in [-0.39, 0.29) is 0 Å². The molecule has 35 heavy (non-hydrogen) atoms. The van der Waals surface area contributed by atoms with E-state index in [1.807, 2.05) is 24.7 Å². The van der Waals surface area contributed by atoms with Crippen molar-refractivity contribution in [3.8, 4) is 22.3 Å². The van der Waals surface area contributed by atoms with Crippen LogP contribution in [0.25, 0.3) is 60.7 Å². The van der Waals surface area contributed by atoms with Gasteiger partial charge in [-0.15, -0.1) is 0 Å². The highest BCUT2D eigenvalue weighted by molar-refractivity contribution is 6.16. The Bertz CT molecular complexity index is 2070. The molecule has 162 valence electrons. The Kier molecular flexibility index (Phi) is 3.11. The normalized spacial score (nSPS) is 13.5. The van der Waals surface area contributed by atoms with E-state index in [0.29, 0.717) is 0 Å². The third-order valence-corrected chi connectivity index (χ3v) is 8.05. The predicted octanol–water partition coefficient (Wildman–Crippen LogP) is 6.73. The van der Waals surface area contributed by atoms with Crippen LogP contribution in [-0.2, 0) is 12.8 Å². The molecule has 4 aromatic heterocycles. The lowest BCUT2D eigenvalue weighted by atomic mass is 9.96. The number of hydrogen-bond donors (Lipinski definition) is 0. The Hall–Kier alpha value is -4.57. The molecule has 2 aliphatic rings. The topological polar surface area (TPSA) is 43.1 Å². The third kappa shape index (κ3) is 2.11. The molecular formula is C31H18N4. The number of hydrogen-bond acceptors (Lipinski definition) is 3. The van der Waals surface area contributed by atoms with E-state index in [1.54, 1.807) is 0 Å². The average Bonchev–Trinajstić information content (AvgIpc) is 3.59. The molecule has 4 nitrogen and oxygen atoms in total. The zero-order valence-electron chi connectivity index (χ0n) is 18.8. The second-order valence-corrected chi connectivity index (χ2v) is 9.65. The first kappa shape index (κ1) is 17.8. The third-order valence-electron chi connectivity index (χ3n) is 8.05. The van der Waals surface area contributed by atoms with E-state index in [9.17, 15) is 0 Å². The van der Waals surface area contributed by atoms with Crippen molar-refractivity contribution in [3.63, 3.8) is 0 Å². The number of fused-ring (bicyclic) bond motifs is 16. The largest absolute Gasteiger partial charge is 0.288 e. The van der Waals surface area contributed by atoms with E-state index >= 15 is 0 Å². The molecule has 4 heteroatoms. The van der Waals surface area contributed by atoms with Crippen LogP contribution in [0.3, 0.4) is 0 Å². The second-order valence-electron chi connectivity index (χ2n) is 9.65. The van der Waals surface area contributed by atoms with Crippen LogP contribution in [0.2, 0.25) is 0 Å². The Labute approximate surface area is 200 Å². The number of rotatable bonds is 0. The minimum atomic E-state index is 0.773. The van der Waals surface area contributed by atoms with Gasteiger partial charge in [-0.1, -0.05) is 48.5 Å². The minimum absolute atomic E-state index is 0.773. The van der Waals surface area contributed by atoms with E-state index in [0.717, 1.165) is 35.2 Å². The maximum Gasteiger partial charge on any atom is 0.178 e. The molecule has 0 fully saturated rings. The summed E-state index contributed by atoms with van der Waals surface area (Å²) in [7, 11) is 0. The molecule has 0 bridgehead atoms. The van der Waals surface area contributed by atoms with Gasteiger partial charge in [0.2, 0.25) is 0 Å². The molecule has 0 aliphatic heterocycles. The number of benzene rings is 3. The monoisotopic (exact) mass is 446 g/mol. The summed E-state index contributed by atoms with van der Waals surface area (Å²) in [6.07, 6.45) is 7.60. The first-order valence-electron chi connectivity index (χ1n) is 12.0. The van der Waals surface area contributed by atoms with Crippen molar-refractivity contribution in [2.45, 2.75) is 12.8 Å². The van der Waals surface area contributed by atoms with Crippen LogP contribution < -0.4 is 0 Å². The van der Waals surface area contributed by atoms with Crippen molar-refractivity contribution in [3.05, 3.63) is 108 Å². The molecule has 0 unspecified atom stereocenters. The predicted molar refractivity (Wildman–Crippen MR) is 140 cm³/mol. The Balaban J connectivity index is 1.41. The van der Waals surface area contributed by atoms with Gasteiger partial charge in [0.05, 0.1) is 17.2 Å². The maximum absolute atomic E-state index is 5.06. The van der Waals surface area contributed by atoms with Gasteiger partial charge >= 0.3 is 0 Å². The number of imidazole rings is 1. The molecule has 0 radical (unpaired) electrons. The lowest BCUT2D eigenvalue weighted by molar-refractivity contribution is 1.17. The van der Waals surface area contributed by atoms with Crippen molar-refractivity contribution in [1.82, 2.24) is 19.4 Å². The molecule has 0 saturated heterocycles. The van der Waals surface area contributed by atoms with Crippen molar-refractivity contribution in [2.75, 3.05) is 0 Å². The molecule has 4 heterocycles. The van der Waals surface area contributed by atoms with Crippen LogP contribution in [0.1, 0.15) is 22.3 Å². The molecule has 9 rings (SSSR count). The maximum atomic E-state index is 5.06. The molecular weight excluding hydrogens is 428 g/mol. The van der Waals surface area contributed by atoms with Crippen molar-refractivity contribution in [2.24, 2.45) is 0 Å². The van der Waals surface area contributed by atoms with Crippen molar-refractivity contribution < 1.29 is 0 Å². The Morgan fingerprint density at radius 2 is 1.46 bits per heavy atom. The van der Waals surface area contributed by atoms with Gasteiger partial charge in [-0.3, -0.25) is 9.38 Å². The van der Waals surface area contributed by atoms with Crippen LogP contribution in [-0.4, -0.2) is 19.4 Å². The molecule has 0 amide bonds. The molecule has 0 spiro atoms. The Morgan fingerprint density at radius 1 is 0.629 bits per heavy atom. The van der Waals surface area contributed by atoms with Gasteiger partial charge in [0.15, 0.2) is 5.65 Å². The first-order valence-corrected chi connectivity index (χ1v) is 12.0. The van der Waals surface area contributed by atoms with Crippen molar-refractivity contribution in [1.29, 1.82) is 0 Å². The molecule has 0 saturated carbocycles. The van der Waals surface area contributed by atoms with Gasteiger partial charge in [-0.2, -0.15) is 0 Å². The average molecular weight is 447 g/mol. The van der Waals surface area contributed by atoms with Crippen LogP contribution in [0.4, 0.5) is 0 Å². The molecule has 0 atom stereocenters. The second kappa shape index (κ2) is 6.10. The first-order chi connectivity index (χ1) is 17.4. The fourth-order valence-electron chi connectivity index (χ4n) is 6.59. The van der Waals surface area contributed by atoms with Crippen molar-refractivity contribution >= 4 is 38.5 Å². The van der Waals surface area contributed by atoms with Crippen LogP contribution >= 0.6 is 0 Å². The summed E-state index contributed by atoms with van der Waals surface area (Å²) in [6.45, 7) is 0. The summed E-state index contributed by atoms with van der Waals surface area (Å²) in [5, 5.41) is 3.67. The van der Waals surface area contributed by atoms with Crippen LogP contribution in [0, 0.1) is 0 Å². The lowest BCUT2D eigenvalue weighted by Crippen LogP contribution is -1.95. The minimum Gasteiger partial charge on any atom is -0.288 e. The molecule has 2 aliphatic carbocycles. The molecule has 0 N–H and O–H groups in total.